The summed E-state index contributed by atoms with van der Waals surface area (Å²) in [5.74, 6) is 0. The molecule has 0 amide bonds. The van der Waals surface area contributed by atoms with Crippen LogP contribution in [0.2, 0.25) is 15.1 Å². The van der Waals surface area contributed by atoms with E-state index in [1.54, 1.807) is 0 Å². The molecule has 0 aliphatic heterocycles. The number of para-hydroxylation sites is 1. The Hall–Kier alpha value is -1.50. The van der Waals surface area contributed by atoms with Gasteiger partial charge in [-0.1, -0.05) is 46.9 Å². The molecule has 0 unspecified atom stereocenters. The first-order chi connectivity index (χ1) is 10.1. The average Bonchev–Trinajstić information content (AvgIpc) is 2.43. The van der Waals surface area contributed by atoms with Crippen molar-refractivity contribution in [3.05, 3.63) is 61.1 Å². The molecule has 0 N–H and O–H groups in total. The summed E-state index contributed by atoms with van der Waals surface area (Å²) in [7, 11) is 0. The van der Waals surface area contributed by atoms with Crippen molar-refractivity contribution >= 4 is 40.5 Å². The van der Waals surface area contributed by atoms with Crippen LogP contribution in [0.1, 0.15) is 5.56 Å². The van der Waals surface area contributed by atoms with E-state index in [0.717, 1.165) is 6.07 Å². The Morgan fingerprint density at radius 1 is 0.955 bits per heavy atom. The van der Waals surface area contributed by atoms with Crippen LogP contribution in [-0.4, -0.2) is 4.92 Å². The molecule has 22 heavy (non-hydrogen) atoms. The van der Waals surface area contributed by atoms with Gasteiger partial charge in [0.15, 0.2) is 0 Å². The van der Waals surface area contributed by atoms with Crippen LogP contribution in [0.15, 0.2) is 30.3 Å². The summed E-state index contributed by atoms with van der Waals surface area (Å²) < 4.78 is 38.9. The first-order valence-electron chi connectivity index (χ1n) is 5.63. The van der Waals surface area contributed by atoms with Crippen molar-refractivity contribution in [3.63, 3.8) is 0 Å². The van der Waals surface area contributed by atoms with E-state index in [4.69, 9.17) is 34.8 Å². The topological polar surface area (TPSA) is 43.1 Å². The molecule has 0 radical (unpaired) electrons. The second-order valence-corrected chi connectivity index (χ2v) is 5.34. The van der Waals surface area contributed by atoms with Gasteiger partial charge < -0.3 is 0 Å². The Bertz CT molecular complexity index is 763. The minimum Gasteiger partial charge on any atom is -0.258 e. The number of rotatable bonds is 2. The van der Waals surface area contributed by atoms with Gasteiger partial charge >= 0.3 is 6.18 Å². The molecule has 0 bridgehead atoms. The van der Waals surface area contributed by atoms with Crippen LogP contribution in [0.3, 0.4) is 0 Å². The quantitative estimate of drug-likeness (QED) is 0.357. The molecule has 0 fully saturated rings. The van der Waals surface area contributed by atoms with Crippen molar-refractivity contribution in [3.8, 4) is 11.1 Å². The molecule has 0 aliphatic carbocycles. The van der Waals surface area contributed by atoms with Gasteiger partial charge in [-0.05, 0) is 18.2 Å². The highest BCUT2D eigenvalue weighted by Gasteiger charge is 2.40. The maximum atomic E-state index is 13.0. The Morgan fingerprint density at radius 2 is 1.59 bits per heavy atom. The standard InChI is InChI=1S/C13H5Cl3F3NO2/c14-9-5-4-6(10(15)11(9)16)7-2-1-3-8(13(17,18)19)12(7)20(21)22/h1-5H. The van der Waals surface area contributed by atoms with E-state index in [-0.39, 0.29) is 26.2 Å². The molecular formula is C13H5Cl3F3NO2. The van der Waals surface area contributed by atoms with Gasteiger partial charge in [-0.25, -0.2) is 0 Å². The van der Waals surface area contributed by atoms with Crippen molar-refractivity contribution in [1.29, 1.82) is 0 Å². The highest BCUT2D eigenvalue weighted by molar-refractivity contribution is 6.49. The minimum atomic E-state index is -4.87. The third-order valence-electron chi connectivity index (χ3n) is 2.85. The van der Waals surface area contributed by atoms with E-state index >= 15 is 0 Å². The molecule has 116 valence electrons. The molecule has 2 aromatic rings. The van der Waals surface area contributed by atoms with Crippen LogP contribution in [0.25, 0.3) is 11.1 Å². The van der Waals surface area contributed by atoms with E-state index < -0.39 is 22.4 Å². The van der Waals surface area contributed by atoms with Gasteiger partial charge in [0.2, 0.25) is 0 Å². The van der Waals surface area contributed by atoms with Crippen LogP contribution in [0.4, 0.5) is 18.9 Å². The summed E-state index contributed by atoms with van der Waals surface area (Å²) in [4.78, 5) is 10.0. The first kappa shape index (κ1) is 16.9. The zero-order valence-corrected chi connectivity index (χ0v) is 12.7. The van der Waals surface area contributed by atoms with Crippen LogP contribution >= 0.6 is 34.8 Å². The minimum absolute atomic E-state index is 0.00568. The van der Waals surface area contributed by atoms with Gasteiger partial charge in [-0.2, -0.15) is 13.2 Å². The van der Waals surface area contributed by atoms with Crippen LogP contribution in [0.5, 0.6) is 0 Å². The monoisotopic (exact) mass is 369 g/mol. The predicted octanol–water partition coefficient (Wildman–Crippen LogP) is 6.24. The Balaban J connectivity index is 2.83. The third-order valence-corrected chi connectivity index (χ3v) is 4.14. The van der Waals surface area contributed by atoms with Crippen molar-refractivity contribution in [1.82, 2.24) is 0 Å². The second-order valence-electron chi connectivity index (χ2n) is 4.18. The molecule has 9 heteroatoms. The summed E-state index contributed by atoms with van der Waals surface area (Å²) in [6.45, 7) is 0. The van der Waals surface area contributed by atoms with Gasteiger partial charge in [-0.15, -0.1) is 0 Å². The fourth-order valence-corrected chi connectivity index (χ4v) is 2.56. The zero-order chi connectivity index (χ0) is 16.7. The lowest BCUT2D eigenvalue weighted by Gasteiger charge is -2.12. The third kappa shape index (κ3) is 2.99. The maximum absolute atomic E-state index is 13.0. The van der Waals surface area contributed by atoms with Gasteiger partial charge in [0.05, 0.1) is 25.6 Å². The van der Waals surface area contributed by atoms with Crippen molar-refractivity contribution in [2.24, 2.45) is 0 Å². The molecule has 0 saturated carbocycles. The summed E-state index contributed by atoms with van der Waals surface area (Å²) in [6, 6.07) is 5.43. The number of halogens is 6. The molecule has 0 aliphatic rings. The highest BCUT2D eigenvalue weighted by atomic mass is 35.5. The van der Waals surface area contributed by atoms with E-state index in [0.29, 0.717) is 6.07 Å². The highest BCUT2D eigenvalue weighted by Crippen LogP contribution is 2.45. The van der Waals surface area contributed by atoms with Crippen molar-refractivity contribution < 1.29 is 18.1 Å². The number of nitro benzene ring substituents is 1. The second kappa shape index (κ2) is 5.95. The van der Waals surface area contributed by atoms with E-state index in [9.17, 15) is 23.3 Å². The summed E-state index contributed by atoms with van der Waals surface area (Å²) in [6.07, 6.45) is -4.87. The smallest absolute Gasteiger partial charge is 0.258 e. The Morgan fingerprint density at radius 3 is 2.14 bits per heavy atom. The molecule has 3 nitrogen and oxygen atoms in total. The van der Waals surface area contributed by atoms with Gasteiger partial charge in [-0.3, -0.25) is 10.1 Å². The zero-order valence-electron chi connectivity index (χ0n) is 10.4. The Labute approximate surface area is 137 Å². The lowest BCUT2D eigenvalue weighted by atomic mass is 10.00. The van der Waals surface area contributed by atoms with E-state index in [1.807, 2.05) is 0 Å². The van der Waals surface area contributed by atoms with Crippen LogP contribution in [0, 0.1) is 10.1 Å². The van der Waals surface area contributed by atoms with Crippen molar-refractivity contribution in [2.45, 2.75) is 6.18 Å². The fourth-order valence-electron chi connectivity index (χ4n) is 1.92. The molecule has 0 atom stereocenters. The van der Waals surface area contributed by atoms with Crippen LogP contribution in [-0.2, 0) is 6.18 Å². The molecule has 0 saturated heterocycles. The normalized spacial score (nSPS) is 11.5. The molecule has 0 heterocycles. The average molecular weight is 371 g/mol. The number of hydrogen-bond acceptors (Lipinski definition) is 2. The van der Waals surface area contributed by atoms with Gasteiger partial charge in [0.1, 0.15) is 5.56 Å². The van der Waals surface area contributed by atoms with Crippen LogP contribution < -0.4 is 0 Å². The van der Waals surface area contributed by atoms with Crippen molar-refractivity contribution in [2.75, 3.05) is 0 Å². The summed E-state index contributed by atoms with van der Waals surface area (Å²) in [5.41, 5.74) is -2.75. The number of benzene rings is 2. The number of nitro groups is 1. The predicted molar refractivity (Wildman–Crippen MR) is 78.6 cm³/mol. The van der Waals surface area contributed by atoms with Gasteiger partial charge in [0.25, 0.3) is 5.69 Å². The van der Waals surface area contributed by atoms with E-state index in [2.05, 4.69) is 0 Å². The lowest BCUT2D eigenvalue weighted by molar-refractivity contribution is -0.387. The fraction of sp³-hybridized carbons (Fsp3) is 0.0769. The lowest BCUT2D eigenvalue weighted by Crippen LogP contribution is -2.09. The van der Waals surface area contributed by atoms with E-state index in [1.165, 1.54) is 18.2 Å². The molecule has 2 aromatic carbocycles. The Kier molecular flexibility index (Phi) is 4.56. The maximum Gasteiger partial charge on any atom is 0.423 e. The first-order valence-corrected chi connectivity index (χ1v) is 6.76. The number of alkyl halides is 3. The molecule has 2 rings (SSSR count). The largest absolute Gasteiger partial charge is 0.423 e. The molecule has 0 aromatic heterocycles. The molecular weight excluding hydrogens is 366 g/mol. The number of nitrogens with zero attached hydrogens (tertiary/aromatic N) is 1. The summed E-state index contributed by atoms with van der Waals surface area (Å²) in [5, 5.41) is 11.0. The summed E-state index contributed by atoms with van der Waals surface area (Å²) >= 11 is 17.5. The molecule has 0 spiro atoms. The van der Waals surface area contributed by atoms with Gasteiger partial charge in [0, 0.05) is 5.56 Å². The SMILES string of the molecule is O=[N+]([O-])c1c(-c2ccc(Cl)c(Cl)c2Cl)cccc1C(F)(F)F. The number of hydrogen-bond donors (Lipinski definition) is 0.